The van der Waals surface area contributed by atoms with Gasteiger partial charge in [0.25, 0.3) is 0 Å². The lowest BCUT2D eigenvalue weighted by atomic mass is 10.0. The maximum Gasteiger partial charge on any atom is 0.472 e. The van der Waals surface area contributed by atoms with Crippen LogP contribution in [0.15, 0.2) is 0 Å². The maximum atomic E-state index is 12.4. The van der Waals surface area contributed by atoms with Crippen LogP contribution in [0.4, 0.5) is 0 Å². The Morgan fingerprint density at radius 1 is 0.520 bits per heavy atom. The summed E-state index contributed by atoms with van der Waals surface area (Å²) < 4.78 is 32.6. The Morgan fingerprint density at radius 3 is 1.22 bits per heavy atom. The van der Waals surface area contributed by atoms with E-state index in [4.69, 9.17) is 24.3 Å². The Labute approximate surface area is 307 Å². The van der Waals surface area contributed by atoms with E-state index < -0.39 is 26.5 Å². The SMILES string of the molecule is CCCCCCCCCCCCCCCCCCCCCCCCC(=O)OC[C@H](COP(=O)(O)OCCN)OC(=O)CCCCCCCCC. The van der Waals surface area contributed by atoms with E-state index in [9.17, 15) is 19.0 Å². The lowest BCUT2D eigenvalue weighted by Crippen LogP contribution is -2.29. The zero-order chi connectivity index (χ0) is 36.8. The van der Waals surface area contributed by atoms with Gasteiger partial charge >= 0.3 is 19.8 Å². The average Bonchev–Trinajstić information content (AvgIpc) is 3.10. The molecule has 0 aromatic carbocycles. The molecule has 0 radical (unpaired) electrons. The minimum Gasteiger partial charge on any atom is -0.462 e. The third-order valence-corrected chi connectivity index (χ3v) is 10.2. The smallest absolute Gasteiger partial charge is 0.462 e. The summed E-state index contributed by atoms with van der Waals surface area (Å²) in [5, 5.41) is 0. The Bertz CT molecular complexity index is 799. The third-order valence-electron chi connectivity index (χ3n) is 9.24. The molecule has 0 aliphatic rings. The van der Waals surface area contributed by atoms with Gasteiger partial charge in [0, 0.05) is 19.4 Å². The van der Waals surface area contributed by atoms with Crippen LogP contribution < -0.4 is 5.73 Å². The second-order valence-corrected chi connectivity index (χ2v) is 15.7. The second-order valence-electron chi connectivity index (χ2n) is 14.2. The highest BCUT2D eigenvalue weighted by molar-refractivity contribution is 7.47. The van der Waals surface area contributed by atoms with Crippen molar-refractivity contribution in [1.82, 2.24) is 0 Å². The van der Waals surface area contributed by atoms with Gasteiger partial charge in [-0.15, -0.1) is 0 Å². The highest BCUT2D eigenvalue weighted by Gasteiger charge is 2.26. The van der Waals surface area contributed by atoms with E-state index in [0.29, 0.717) is 6.42 Å². The average molecular weight is 734 g/mol. The van der Waals surface area contributed by atoms with E-state index in [1.54, 1.807) is 0 Å². The van der Waals surface area contributed by atoms with E-state index in [1.807, 2.05) is 0 Å². The summed E-state index contributed by atoms with van der Waals surface area (Å²) in [6.45, 7) is 3.71. The number of hydrogen-bond donors (Lipinski definition) is 2. The van der Waals surface area contributed by atoms with Crippen LogP contribution in [-0.2, 0) is 32.7 Å². The van der Waals surface area contributed by atoms with Crippen LogP contribution in [-0.4, -0.2) is 49.3 Å². The molecule has 0 aliphatic heterocycles. The van der Waals surface area contributed by atoms with Crippen LogP contribution in [0.2, 0.25) is 0 Å². The number of ether oxygens (including phenoxy) is 2. The molecule has 0 rings (SSSR count). The molecule has 0 saturated heterocycles. The number of rotatable bonds is 40. The molecule has 0 spiro atoms. The monoisotopic (exact) mass is 734 g/mol. The molecule has 2 atom stereocenters. The fourth-order valence-corrected chi connectivity index (χ4v) is 6.87. The summed E-state index contributed by atoms with van der Waals surface area (Å²) in [6.07, 6.45) is 36.0. The molecule has 0 saturated carbocycles. The second kappa shape index (κ2) is 37.8. The number of esters is 2. The predicted molar refractivity (Wildman–Crippen MR) is 206 cm³/mol. The Morgan fingerprint density at radius 2 is 0.860 bits per heavy atom. The standard InChI is InChI=1S/C40H80NO8P/c1-3-5-7-9-11-12-13-14-15-16-17-18-19-20-21-22-23-24-25-27-28-30-32-39(42)46-36-38(37-48-50(44,45)47-35-34-41)49-40(43)33-31-29-26-10-8-6-4-2/h38H,3-37,41H2,1-2H3,(H,44,45)/t38-/m1/s1. The molecular weight excluding hydrogens is 653 g/mol. The Kier molecular flexibility index (Phi) is 37.0. The third kappa shape index (κ3) is 36.8. The number of unbranched alkanes of at least 4 members (excludes halogenated alkanes) is 27. The zero-order valence-corrected chi connectivity index (χ0v) is 33.6. The van der Waals surface area contributed by atoms with Gasteiger partial charge in [0.1, 0.15) is 6.61 Å². The molecular formula is C40H80NO8P. The number of phosphoric acid groups is 1. The molecule has 0 amide bonds. The first-order valence-corrected chi connectivity index (χ1v) is 22.5. The van der Waals surface area contributed by atoms with E-state index in [1.165, 1.54) is 141 Å². The van der Waals surface area contributed by atoms with Crippen molar-refractivity contribution in [3.63, 3.8) is 0 Å². The van der Waals surface area contributed by atoms with Gasteiger partial charge in [0.15, 0.2) is 6.10 Å². The molecule has 10 heteroatoms. The minimum atomic E-state index is -4.36. The lowest BCUT2D eigenvalue weighted by Gasteiger charge is -2.19. The van der Waals surface area contributed by atoms with Crippen molar-refractivity contribution in [2.45, 2.75) is 219 Å². The summed E-state index contributed by atoms with van der Waals surface area (Å²) in [6, 6.07) is 0. The molecule has 0 aromatic rings. The first kappa shape index (κ1) is 49.0. The largest absolute Gasteiger partial charge is 0.472 e. The van der Waals surface area contributed by atoms with Crippen molar-refractivity contribution in [2.24, 2.45) is 5.73 Å². The first-order valence-electron chi connectivity index (χ1n) is 21.0. The normalized spacial score (nSPS) is 13.3. The van der Waals surface area contributed by atoms with Crippen LogP contribution in [0.3, 0.4) is 0 Å². The summed E-state index contributed by atoms with van der Waals surface area (Å²) in [5.41, 5.74) is 5.32. The molecule has 50 heavy (non-hydrogen) atoms. The highest BCUT2D eigenvalue weighted by atomic mass is 31.2. The van der Waals surface area contributed by atoms with E-state index in [2.05, 4.69) is 13.8 Å². The fraction of sp³-hybridized carbons (Fsp3) is 0.950. The van der Waals surface area contributed by atoms with Gasteiger partial charge in [0.2, 0.25) is 0 Å². The molecule has 298 valence electrons. The summed E-state index contributed by atoms with van der Waals surface area (Å²) in [5.74, 6) is -0.823. The van der Waals surface area contributed by atoms with Crippen molar-refractivity contribution in [3.05, 3.63) is 0 Å². The van der Waals surface area contributed by atoms with E-state index in [0.717, 1.165) is 38.5 Å². The van der Waals surface area contributed by atoms with Crippen molar-refractivity contribution in [3.8, 4) is 0 Å². The van der Waals surface area contributed by atoms with Gasteiger partial charge < -0.3 is 20.1 Å². The number of phosphoric ester groups is 1. The van der Waals surface area contributed by atoms with Crippen LogP contribution >= 0.6 is 7.82 Å². The molecule has 0 aliphatic carbocycles. The van der Waals surface area contributed by atoms with E-state index in [-0.39, 0.29) is 38.6 Å². The molecule has 0 heterocycles. The Balaban J connectivity index is 3.91. The predicted octanol–water partition coefficient (Wildman–Crippen LogP) is 11.7. The maximum absolute atomic E-state index is 12.4. The quantitative estimate of drug-likeness (QED) is 0.0358. The number of hydrogen-bond acceptors (Lipinski definition) is 8. The molecule has 1 unspecified atom stereocenters. The van der Waals surface area contributed by atoms with Gasteiger partial charge in [-0.25, -0.2) is 4.57 Å². The number of carbonyl (C=O) groups is 2. The van der Waals surface area contributed by atoms with Crippen LogP contribution in [0.25, 0.3) is 0 Å². The number of nitrogens with two attached hydrogens (primary N) is 1. The summed E-state index contributed by atoms with van der Waals surface area (Å²) >= 11 is 0. The van der Waals surface area contributed by atoms with Crippen LogP contribution in [0.5, 0.6) is 0 Å². The first-order chi connectivity index (χ1) is 24.3. The van der Waals surface area contributed by atoms with Gasteiger partial charge in [-0.05, 0) is 12.8 Å². The van der Waals surface area contributed by atoms with Crippen LogP contribution in [0.1, 0.15) is 213 Å². The van der Waals surface area contributed by atoms with E-state index >= 15 is 0 Å². The van der Waals surface area contributed by atoms with Crippen molar-refractivity contribution >= 4 is 19.8 Å². The van der Waals surface area contributed by atoms with Gasteiger partial charge in [-0.1, -0.05) is 187 Å². The van der Waals surface area contributed by atoms with Gasteiger partial charge in [0.05, 0.1) is 13.2 Å². The van der Waals surface area contributed by atoms with Gasteiger partial charge in [-0.2, -0.15) is 0 Å². The lowest BCUT2D eigenvalue weighted by molar-refractivity contribution is -0.161. The number of carbonyl (C=O) groups excluding carboxylic acids is 2. The molecule has 3 N–H and O–H groups in total. The molecule has 9 nitrogen and oxygen atoms in total. The Hall–Kier alpha value is -0.990. The summed E-state index contributed by atoms with van der Waals surface area (Å²) in [4.78, 5) is 34.6. The van der Waals surface area contributed by atoms with Crippen molar-refractivity contribution in [2.75, 3.05) is 26.4 Å². The molecule has 0 aromatic heterocycles. The van der Waals surface area contributed by atoms with Gasteiger partial charge in [-0.3, -0.25) is 18.6 Å². The molecule has 0 fully saturated rings. The highest BCUT2D eigenvalue weighted by Crippen LogP contribution is 2.43. The van der Waals surface area contributed by atoms with Crippen LogP contribution in [0, 0.1) is 0 Å². The fourth-order valence-electron chi connectivity index (χ4n) is 6.11. The zero-order valence-electron chi connectivity index (χ0n) is 32.7. The van der Waals surface area contributed by atoms with Crippen molar-refractivity contribution in [1.29, 1.82) is 0 Å². The molecule has 0 bridgehead atoms. The topological polar surface area (TPSA) is 134 Å². The van der Waals surface area contributed by atoms with Crippen molar-refractivity contribution < 1.29 is 37.6 Å². The summed E-state index contributed by atoms with van der Waals surface area (Å²) in [7, 11) is -4.36. The minimum absolute atomic E-state index is 0.0575.